The summed E-state index contributed by atoms with van der Waals surface area (Å²) in [6.45, 7) is 2.62. The van der Waals surface area contributed by atoms with Crippen LogP contribution in [0.4, 0.5) is 10.1 Å². The van der Waals surface area contributed by atoms with E-state index >= 15 is 0 Å². The maximum absolute atomic E-state index is 13.5. The van der Waals surface area contributed by atoms with Gasteiger partial charge in [-0.3, -0.25) is 4.79 Å². The molecule has 34 heavy (non-hydrogen) atoms. The molecule has 1 unspecified atom stereocenters. The van der Waals surface area contributed by atoms with Gasteiger partial charge in [-0.15, -0.1) is 0 Å². The summed E-state index contributed by atoms with van der Waals surface area (Å²) in [6, 6.07) is 13.7. The summed E-state index contributed by atoms with van der Waals surface area (Å²) in [7, 11) is 0. The van der Waals surface area contributed by atoms with E-state index < -0.39 is 0 Å². The Bertz CT molecular complexity index is 1030. The van der Waals surface area contributed by atoms with Gasteiger partial charge in [-0.25, -0.2) is 9.37 Å². The van der Waals surface area contributed by atoms with Crippen molar-refractivity contribution in [3.05, 3.63) is 78.6 Å². The van der Waals surface area contributed by atoms with E-state index in [2.05, 4.69) is 10.3 Å². The van der Waals surface area contributed by atoms with Gasteiger partial charge in [-0.1, -0.05) is 12.1 Å². The monoisotopic (exact) mass is 467 g/mol. The summed E-state index contributed by atoms with van der Waals surface area (Å²) in [5.41, 5.74) is 1.65. The average molecular weight is 468 g/mol. The Kier molecular flexibility index (Phi) is 8.27. The van der Waals surface area contributed by atoms with E-state index in [0.717, 1.165) is 37.1 Å². The van der Waals surface area contributed by atoms with E-state index in [1.807, 2.05) is 22.9 Å². The minimum Gasteiger partial charge on any atom is -0.491 e. The molecule has 0 aliphatic carbocycles. The normalized spacial score (nSPS) is 18.9. The van der Waals surface area contributed by atoms with Gasteiger partial charge in [0.25, 0.3) is 0 Å². The summed E-state index contributed by atoms with van der Waals surface area (Å²) in [5, 5.41) is 2.74. The molecule has 4 rings (SSSR count). The molecule has 2 heterocycles. The number of nitrogens with zero attached hydrogens (tertiary/aromatic N) is 2. The number of benzene rings is 2. The van der Waals surface area contributed by atoms with Crippen LogP contribution in [0.1, 0.15) is 44.3 Å². The maximum Gasteiger partial charge on any atom is 0.221 e. The van der Waals surface area contributed by atoms with Gasteiger partial charge in [0.2, 0.25) is 5.91 Å². The molecule has 1 aromatic heterocycles. The molecule has 180 valence electrons. The SMILES string of the molecule is CC(=O)Nc1ccc(OC[C@H]2CCC[C@H](OC(CCn3ccnc3)c3ccc(F)cc3)O2)cc1. The zero-order valence-electron chi connectivity index (χ0n) is 19.2. The molecule has 1 amide bonds. The number of amides is 1. The number of nitrogens with one attached hydrogen (secondary N) is 1. The highest BCUT2D eigenvalue weighted by Gasteiger charge is 2.27. The van der Waals surface area contributed by atoms with Gasteiger partial charge in [-0.05, 0) is 67.6 Å². The molecule has 7 nitrogen and oxygen atoms in total. The Labute approximate surface area is 198 Å². The highest BCUT2D eigenvalue weighted by Crippen LogP contribution is 2.29. The smallest absolute Gasteiger partial charge is 0.221 e. The Balaban J connectivity index is 1.32. The number of hydrogen-bond donors (Lipinski definition) is 1. The number of aryl methyl sites for hydroxylation is 1. The lowest BCUT2D eigenvalue weighted by atomic mass is 10.1. The molecule has 0 bridgehead atoms. The first-order chi connectivity index (χ1) is 16.5. The number of rotatable bonds is 10. The molecule has 8 heteroatoms. The minimum absolute atomic E-state index is 0.0868. The number of ether oxygens (including phenoxy) is 3. The van der Waals surface area contributed by atoms with Crippen molar-refractivity contribution in [2.75, 3.05) is 11.9 Å². The molecule has 1 aliphatic rings. The largest absolute Gasteiger partial charge is 0.491 e. The fraction of sp³-hybridized carbons (Fsp3) is 0.385. The third kappa shape index (κ3) is 7.13. The fourth-order valence-electron chi connectivity index (χ4n) is 3.97. The van der Waals surface area contributed by atoms with Crippen LogP contribution >= 0.6 is 0 Å². The zero-order valence-corrected chi connectivity index (χ0v) is 19.2. The van der Waals surface area contributed by atoms with Crippen molar-refractivity contribution in [1.29, 1.82) is 0 Å². The van der Waals surface area contributed by atoms with Crippen molar-refractivity contribution in [2.24, 2.45) is 0 Å². The van der Waals surface area contributed by atoms with Gasteiger partial charge in [0.05, 0.1) is 18.5 Å². The molecule has 3 aromatic rings. The molecule has 1 aliphatic heterocycles. The topological polar surface area (TPSA) is 74.6 Å². The summed E-state index contributed by atoms with van der Waals surface area (Å²) >= 11 is 0. The highest BCUT2D eigenvalue weighted by molar-refractivity contribution is 5.88. The zero-order chi connectivity index (χ0) is 23.8. The van der Waals surface area contributed by atoms with Crippen molar-refractivity contribution >= 4 is 11.6 Å². The second-order valence-corrected chi connectivity index (χ2v) is 8.40. The lowest BCUT2D eigenvalue weighted by Crippen LogP contribution is -2.34. The first-order valence-corrected chi connectivity index (χ1v) is 11.6. The van der Waals surface area contributed by atoms with E-state index in [9.17, 15) is 9.18 Å². The third-order valence-electron chi connectivity index (χ3n) is 5.69. The number of carbonyl (C=O) groups excluding carboxylic acids is 1. The van der Waals surface area contributed by atoms with Crippen molar-refractivity contribution in [3.8, 4) is 5.75 Å². The van der Waals surface area contributed by atoms with Crippen LogP contribution in [-0.2, 0) is 20.8 Å². The molecule has 0 radical (unpaired) electrons. The number of halogens is 1. The Morgan fingerprint density at radius 3 is 2.71 bits per heavy atom. The van der Waals surface area contributed by atoms with Crippen LogP contribution in [0.5, 0.6) is 5.75 Å². The Morgan fingerprint density at radius 2 is 2.00 bits per heavy atom. The summed E-state index contributed by atoms with van der Waals surface area (Å²) in [4.78, 5) is 15.2. The minimum atomic E-state index is -0.359. The van der Waals surface area contributed by atoms with Gasteiger partial charge in [0.15, 0.2) is 6.29 Å². The first-order valence-electron chi connectivity index (χ1n) is 11.6. The van der Waals surface area contributed by atoms with Crippen molar-refractivity contribution < 1.29 is 23.4 Å². The number of carbonyl (C=O) groups is 1. The maximum atomic E-state index is 13.5. The van der Waals surface area contributed by atoms with Crippen LogP contribution in [-0.4, -0.2) is 34.5 Å². The van der Waals surface area contributed by atoms with Crippen LogP contribution in [0.3, 0.4) is 0 Å². The molecule has 0 saturated carbocycles. The Hall–Kier alpha value is -3.23. The highest BCUT2D eigenvalue weighted by atomic mass is 19.1. The van der Waals surface area contributed by atoms with E-state index in [0.29, 0.717) is 18.8 Å². The van der Waals surface area contributed by atoms with Crippen LogP contribution in [0.2, 0.25) is 0 Å². The van der Waals surface area contributed by atoms with Gasteiger partial charge < -0.3 is 24.1 Å². The van der Waals surface area contributed by atoms with Crippen LogP contribution in [0.25, 0.3) is 0 Å². The molecule has 3 atom stereocenters. The number of imidazole rings is 1. The van der Waals surface area contributed by atoms with Gasteiger partial charge >= 0.3 is 0 Å². The quantitative estimate of drug-likeness (QED) is 0.449. The number of anilines is 1. The molecular formula is C26H30FN3O4. The second-order valence-electron chi connectivity index (χ2n) is 8.40. The molecule has 1 N–H and O–H groups in total. The van der Waals surface area contributed by atoms with Gasteiger partial charge in [0.1, 0.15) is 18.2 Å². The van der Waals surface area contributed by atoms with E-state index in [1.165, 1.54) is 19.1 Å². The molecule has 0 spiro atoms. The number of hydrogen-bond acceptors (Lipinski definition) is 5. The standard InChI is InChI=1S/C26H30FN3O4/c1-19(31)29-22-9-11-23(12-10-22)32-17-24-3-2-4-26(33-24)34-25(13-15-30-16-14-28-18-30)20-5-7-21(27)8-6-20/h5-12,14,16,18,24-26H,2-4,13,15,17H2,1H3,(H,29,31)/t24-,25?,26+/m1/s1. The number of aromatic nitrogens is 2. The third-order valence-corrected chi connectivity index (χ3v) is 5.69. The predicted molar refractivity (Wildman–Crippen MR) is 126 cm³/mol. The van der Waals surface area contributed by atoms with Gasteiger partial charge in [-0.2, -0.15) is 0 Å². The van der Waals surface area contributed by atoms with Crippen molar-refractivity contribution in [1.82, 2.24) is 9.55 Å². The molecule has 2 aromatic carbocycles. The van der Waals surface area contributed by atoms with Crippen LogP contribution < -0.4 is 10.1 Å². The molecule has 1 saturated heterocycles. The van der Waals surface area contributed by atoms with Crippen LogP contribution in [0.15, 0.2) is 67.3 Å². The predicted octanol–water partition coefficient (Wildman–Crippen LogP) is 5.10. The average Bonchev–Trinajstić information content (AvgIpc) is 3.36. The molecular weight excluding hydrogens is 437 g/mol. The molecule has 1 fully saturated rings. The Morgan fingerprint density at radius 1 is 1.21 bits per heavy atom. The fourth-order valence-corrected chi connectivity index (χ4v) is 3.97. The van der Waals surface area contributed by atoms with Crippen molar-refractivity contribution in [2.45, 2.75) is 57.6 Å². The van der Waals surface area contributed by atoms with E-state index in [4.69, 9.17) is 14.2 Å². The second kappa shape index (κ2) is 11.8. The lowest BCUT2D eigenvalue weighted by Gasteiger charge is -2.32. The van der Waals surface area contributed by atoms with Crippen molar-refractivity contribution in [3.63, 3.8) is 0 Å². The lowest BCUT2D eigenvalue weighted by molar-refractivity contribution is -0.222. The van der Waals surface area contributed by atoms with Crippen LogP contribution in [0, 0.1) is 5.82 Å². The van der Waals surface area contributed by atoms with E-state index in [-0.39, 0.29) is 30.2 Å². The summed E-state index contributed by atoms with van der Waals surface area (Å²) < 4.78 is 33.9. The summed E-state index contributed by atoms with van der Waals surface area (Å²) in [5.74, 6) is 0.331. The van der Waals surface area contributed by atoms with E-state index in [1.54, 1.807) is 36.8 Å². The van der Waals surface area contributed by atoms with Gasteiger partial charge in [0, 0.05) is 31.5 Å². The first kappa shape index (κ1) is 23.9. The summed E-state index contributed by atoms with van der Waals surface area (Å²) in [6.07, 6.45) is 8.12.